The van der Waals surface area contributed by atoms with Gasteiger partial charge in [0.05, 0.1) is 6.04 Å². The smallest absolute Gasteiger partial charge is 0.309 e. The summed E-state index contributed by atoms with van der Waals surface area (Å²) < 4.78 is 0. The Morgan fingerprint density at radius 3 is 2.39 bits per heavy atom. The minimum absolute atomic E-state index is 0.126. The van der Waals surface area contributed by atoms with Gasteiger partial charge in [0.15, 0.2) is 0 Å². The zero-order valence-corrected chi connectivity index (χ0v) is 14.4. The van der Waals surface area contributed by atoms with E-state index in [1.807, 2.05) is 19.1 Å². The third-order valence-electron chi connectivity index (χ3n) is 4.87. The largest absolute Gasteiger partial charge is 0.345 e. The first-order chi connectivity index (χ1) is 11.0. The van der Waals surface area contributed by atoms with Crippen LogP contribution in [0.5, 0.6) is 0 Å². The predicted molar refractivity (Wildman–Crippen MR) is 91.9 cm³/mol. The maximum absolute atomic E-state index is 12.1. The van der Waals surface area contributed by atoms with Gasteiger partial charge >= 0.3 is 11.8 Å². The first-order valence-corrected chi connectivity index (χ1v) is 8.71. The summed E-state index contributed by atoms with van der Waals surface area (Å²) in [6, 6.07) is 8.07. The van der Waals surface area contributed by atoms with E-state index in [0.717, 1.165) is 31.2 Å². The molecule has 1 aromatic carbocycles. The molecule has 126 valence electrons. The highest BCUT2D eigenvalue weighted by atomic mass is 16.2. The molecule has 0 aliphatic heterocycles. The lowest BCUT2D eigenvalue weighted by molar-refractivity contribution is -0.140. The van der Waals surface area contributed by atoms with Crippen LogP contribution >= 0.6 is 0 Å². The first kappa shape index (κ1) is 17.5. The van der Waals surface area contributed by atoms with Crippen LogP contribution in [0.1, 0.15) is 63.6 Å². The van der Waals surface area contributed by atoms with Crippen LogP contribution in [0.4, 0.5) is 0 Å². The summed E-state index contributed by atoms with van der Waals surface area (Å²) in [4.78, 5) is 24.2. The number of carbonyl (C=O) groups is 2. The fourth-order valence-corrected chi connectivity index (χ4v) is 3.15. The Hall–Kier alpha value is -1.84. The van der Waals surface area contributed by atoms with Crippen LogP contribution in [0, 0.1) is 5.92 Å². The molecule has 3 unspecified atom stereocenters. The van der Waals surface area contributed by atoms with Crippen molar-refractivity contribution in [2.75, 3.05) is 0 Å². The predicted octanol–water partition coefficient (Wildman–Crippen LogP) is 3.12. The highest BCUT2D eigenvalue weighted by Crippen LogP contribution is 2.23. The summed E-state index contributed by atoms with van der Waals surface area (Å²) >= 11 is 0. The summed E-state index contributed by atoms with van der Waals surface area (Å²) in [6.07, 6.45) is 5.41. The van der Waals surface area contributed by atoms with Gasteiger partial charge in [-0.2, -0.15) is 0 Å². The number of nitrogens with one attached hydrogen (secondary N) is 2. The molecule has 0 spiro atoms. The summed E-state index contributed by atoms with van der Waals surface area (Å²) in [7, 11) is 0. The molecule has 1 fully saturated rings. The lowest BCUT2D eigenvalue weighted by atomic mass is 9.86. The molecule has 0 bridgehead atoms. The summed E-state index contributed by atoms with van der Waals surface area (Å²) in [5.74, 6) is -0.616. The molecular formula is C19H28N2O2. The standard InChI is InChI=1S/C19H28N2O2/c1-4-15-9-11-16(12-10-15)14(3)20-18(22)19(23)21-17-8-6-5-7-13(17)2/h9-14,17H,4-8H2,1-3H3,(H,20,22)(H,21,23). The Kier molecular flexibility index (Phi) is 6.20. The van der Waals surface area contributed by atoms with Crippen LogP contribution in [0.3, 0.4) is 0 Å². The second kappa shape index (κ2) is 8.14. The van der Waals surface area contributed by atoms with E-state index in [4.69, 9.17) is 0 Å². The average Bonchev–Trinajstić information content (AvgIpc) is 2.56. The number of hydrogen-bond acceptors (Lipinski definition) is 2. The fraction of sp³-hybridized carbons (Fsp3) is 0.579. The molecule has 4 heteroatoms. The molecule has 3 atom stereocenters. The van der Waals surface area contributed by atoms with Crippen molar-refractivity contribution in [3.8, 4) is 0 Å². The van der Waals surface area contributed by atoms with E-state index in [9.17, 15) is 9.59 Å². The van der Waals surface area contributed by atoms with Gasteiger partial charge in [-0.25, -0.2) is 0 Å². The Bertz CT molecular complexity index is 539. The van der Waals surface area contributed by atoms with Gasteiger partial charge in [0.1, 0.15) is 0 Å². The minimum atomic E-state index is -0.546. The summed E-state index contributed by atoms with van der Waals surface area (Å²) in [5.41, 5.74) is 2.27. The Balaban J connectivity index is 1.87. The van der Waals surface area contributed by atoms with E-state index >= 15 is 0 Å². The Morgan fingerprint density at radius 2 is 1.78 bits per heavy atom. The molecule has 0 radical (unpaired) electrons. The van der Waals surface area contributed by atoms with E-state index < -0.39 is 11.8 Å². The number of hydrogen-bond donors (Lipinski definition) is 2. The van der Waals surface area contributed by atoms with E-state index in [0.29, 0.717) is 5.92 Å². The normalized spacial score (nSPS) is 22.2. The molecule has 1 saturated carbocycles. The molecule has 0 saturated heterocycles. The van der Waals surface area contributed by atoms with Gasteiger partial charge in [-0.15, -0.1) is 0 Å². The Morgan fingerprint density at radius 1 is 1.13 bits per heavy atom. The van der Waals surface area contributed by atoms with Crippen LogP contribution in [-0.2, 0) is 16.0 Å². The van der Waals surface area contributed by atoms with E-state index in [1.165, 1.54) is 12.0 Å². The lowest BCUT2D eigenvalue weighted by Gasteiger charge is -2.29. The summed E-state index contributed by atoms with van der Waals surface area (Å²) in [5, 5.41) is 5.68. The van der Waals surface area contributed by atoms with Gasteiger partial charge in [0.25, 0.3) is 0 Å². The Labute approximate surface area is 139 Å². The molecule has 0 aromatic heterocycles. The molecule has 1 aliphatic carbocycles. The molecule has 1 aliphatic rings. The molecule has 0 heterocycles. The van der Waals surface area contributed by atoms with Crippen LogP contribution in [-0.4, -0.2) is 17.9 Å². The maximum atomic E-state index is 12.1. The third kappa shape index (κ3) is 4.81. The van der Waals surface area contributed by atoms with Crippen molar-refractivity contribution in [2.24, 2.45) is 5.92 Å². The number of rotatable bonds is 4. The second-order valence-electron chi connectivity index (χ2n) is 6.63. The molecule has 2 amide bonds. The SMILES string of the molecule is CCc1ccc(C(C)NC(=O)C(=O)NC2CCCCC2C)cc1. The summed E-state index contributed by atoms with van der Waals surface area (Å²) in [6.45, 7) is 6.14. The van der Waals surface area contributed by atoms with Crippen LogP contribution in [0.25, 0.3) is 0 Å². The first-order valence-electron chi connectivity index (χ1n) is 8.71. The van der Waals surface area contributed by atoms with E-state index in [1.54, 1.807) is 0 Å². The van der Waals surface area contributed by atoms with Crippen molar-refractivity contribution in [1.82, 2.24) is 10.6 Å². The van der Waals surface area contributed by atoms with Gasteiger partial charge in [-0.05, 0) is 43.2 Å². The van der Waals surface area contributed by atoms with Crippen molar-refractivity contribution >= 4 is 11.8 Å². The van der Waals surface area contributed by atoms with Crippen LogP contribution in [0.2, 0.25) is 0 Å². The zero-order valence-electron chi connectivity index (χ0n) is 14.4. The molecule has 1 aromatic rings. The number of benzene rings is 1. The number of aryl methyl sites for hydroxylation is 1. The van der Waals surface area contributed by atoms with Crippen molar-refractivity contribution in [2.45, 2.75) is 65.0 Å². The number of amides is 2. The second-order valence-corrected chi connectivity index (χ2v) is 6.63. The molecule has 23 heavy (non-hydrogen) atoms. The number of carbonyl (C=O) groups excluding carboxylic acids is 2. The maximum Gasteiger partial charge on any atom is 0.309 e. The minimum Gasteiger partial charge on any atom is -0.345 e. The van der Waals surface area contributed by atoms with Gasteiger partial charge < -0.3 is 10.6 Å². The van der Waals surface area contributed by atoms with E-state index in [2.05, 4.69) is 36.6 Å². The third-order valence-corrected chi connectivity index (χ3v) is 4.87. The average molecular weight is 316 g/mol. The highest BCUT2D eigenvalue weighted by Gasteiger charge is 2.26. The van der Waals surface area contributed by atoms with Crippen molar-refractivity contribution < 1.29 is 9.59 Å². The molecule has 2 rings (SSSR count). The van der Waals surface area contributed by atoms with Crippen molar-refractivity contribution in [1.29, 1.82) is 0 Å². The van der Waals surface area contributed by atoms with Crippen molar-refractivity contribution in [3.05, 3.63) is 35.4 Å². The molecule has 2 N–H and O–H groups in total. The monoisotopic (exact) mass is 316 g/mol. The van der Waals surface area contributed by atoms with Gasteiger partial charge in [0.2, 0.25) is 0 Å². The van der Waals surface area contributed by atoms with Crippen LogP contribution < -0.4 is 10.6 Å². The van der Waals surface area contributed by atoms with Crippen LogP contribution in [0.15, 0.2) is 24.3 Å². The molecular weight excluding hydrogens is 288 g/mol. The lowest BCUT2D eigenvalue weighted by Crippen LogP contribution is -2.48. The molecule has 4 nitrogen and oxygen atoms in total. The van der Waals surface area contributed by atoms with Gasteiger partial charge in [-0.3, -0.25) is 9.59 Å². The fourth-order valence-electron chi connectivity index (χ4n) is 3.15. The van der Waals surface area contributed by atoms with Crippen molar-refractivity contribution in [3.63, 3.8) is 0 Å². The quantitative estimate of drug-likeness (QED) is 0.839. The topological polar surface area (TPSA) is 58.2 Å². The van der Waals surface area contributed by atoms with Gasteiger partial charge in [-0.1, -0.05) is 51.0 Å². The zero-order chi connectivity index (χ0) is 16.8. The van der Waals surface area contributed by atoms with E-state index in [-0.39, 0.29) is 12.1 Å². The van der Waals surface area contributed by atoms with Gasteiger partial charge in [0, 0.05) is 6.04 Å². The highest BCUT2D eigenvalue weighted by molar-refractivity contribution is 6.35.